The molecular weight excluding hydrogens is 400 g/mol. The number of hydrogen-bond donors (Lipinski definition) is 0. The molecule has 0 saturated heterocycles. The summed E-state index contributed by atoms with van der Waals surface area (Å²) < 4.78 is 6.38. The molecule has 0 aliphatic carbocycles. The number of rotatable bonds is 2. The van der Waals surface area contributed by atoms with E-state index < -0.39 is 0 Å². The van der Waals surface area contributed by atoms with Gasteiger partial charge in [0.05, 0.1) is 0 Å². The van der Waals surface area contributed by atoms with Gasteiger partial charge in [-0.05, 0) is 78.9 Å². The van der Waals surface area contributed by atoms with E-state index in [2.05, 4.69) is 88.4 Å². The standard InChI is InChI=1S/C25H24O.3C2H6.CH3/c1-5-18-14-23-21(12-16(18)3)25(20-10-8-7-9-11-20)22-13-17(4)19(6-2)15-24(22)26-23;3*1-2;/h5,7-15H,6H2,1-4H3;3*1-2H3;1H3/q;;;;-1/b18-5-;;;;. The van der Waals surface area contributed by atoms with Gasteiger partial charge >= 0.3 is 0 Å². The summed E-state index contributed by atoms with van der Waals surface area (Å²) in [5.74, 6) is 1.91. The largest absolute Gasteiger partial charge is 0.456 e. The van der Waals surface area contributed by atoms with Gasteiger partial charge in [0.1, 0.15) is 11.5 Å². The van der Waals surface area contributed by atoms with Crippen LogP contribution in [0.25, 0.3) is 11.6 Å². The molecule has 1 heterocycles. The van der Waals surface area contributed by atoms with Crippen molar-refractivity contribution in [2.75, 3.05) is 0 Å². The Morgan fingerprint density at radius 3 is 1.91 bits per heavy atom. The lowest BCUT2D eigenvalue weighted by Crippen LogP contribution is -2.22. The number of benzene rings is 3. The molecule has 0 N–H and O–H groups in total. The van der Waals surface area contributed by atoms with Crippen molar-refractivity contribution < 1.29 is 4.74 Å². The molecule has 0 aromatic heterocycles. The molecular formula is C32H45O-. The molecule has 0 atom stereocenters. The molecule has 0 bridgehead atoms. The highest BCUT2D eigenvalue weighted by atomic mass is 16.5. The Kier molecular flexibility index (Phi) is 13.8. The molecule has 0 spiro atoms. The van der Waals surface area contributed by atoms with Crippen LogP contribution in [0.1, 0.15) is 83.2 Å². The van der Waals surface area contributed by atoms with Crippen molar-refractivity contribution in [2.45, 2.75) is 75.7 Å². The zero-order chi connectivity index (χ0) is 24.3. The highest BCUT2D eigenvalue weighted by Gasteiger charge is 2.21. The highest BCUT2D eigenvalue weighted by Crippen LogP contribution is 2.37. The summed E-state index contributed by atoms with van der Waals surface area (Å²) in [5, 5.41) is 2.40. The highest BCUT2D eigenvalue weighted by molar-refractivity contribution is 5.85. The molecule has 0 fully saturated rings. The molecule has 1 aliphatic rings. The zero-order valence-electron chi connectivity index (χ0n) is 22.9. The molecule has 0 saturated carbocycles. The Balaban J connectivity index is 0.00000136. The average molecular weight is 446 g/mol. The summed E-state index contributed by atoms with van der Waals surface area (Å²) in [6.07, 6.45) is 3.15. The first kappa shape index (κ1) is 30.2. The Bertz CT molecular complexity index is 1110. The van der Waals surface area contributed by atoms with Crippen LogP contribution in [0.2, 0.25) is 0 Å². The Morgan fingerprint density at radius 2 is 1.36 bits per heavy atom. The van der Waals surface area contributed by atoms with E-state index in [1.165, 1.54) is 43.8 Å². The third kappa shape index (κ3) is 6.60. The molecule has 1 aliphatic heterocycles. The van der Waals surface area contributed by atoms with E-state index in [1.54, 1.807) is 0 Å². The van der Waals surface area contributed by atoms with Crippen molar-refractivity contribution in [2.24, 2.45) is 0 Å². The number of ether oxygens (including phenoxy) is 1. The van der Waals surface area contributed by atoms with Gasteiger partial charge in [-0.1, -0.05) is 84.9 Å². The van der Waals surface area contributed by atoms with E-state index in [1.807, 2.05) is 41.5 Å². The minimum Gasteiger partial charge on any atom is -0.456 e. The fourth-order valence-corrected chi connectivity index (χ4v) is 3.86. The topological polar surface area (TPSA) is 9.23 Å². The van der Waals surface area contributed by atoms with Gasteiger partial charge in [-0.25, -0.2) is 0 Å². The number of aryl methyl sites for hydroxylation is 3. The second kappa shape index (κ2) is 15.1. The Hall–Kier alpha value is -2.80. The molecule has 1 nitrogen and oxygen atoms in total. The van der Waals surface area contributed by atoms with Gasteiger partial charge in [0, 0.05) is 16.4 Å². The van der Waals surface area contributed by atoms with Crippen LogP contribution in [0.15, 0.2) is 54.6 Å². The maximum atomic E-state index is 6.38. The van der Waals surface area contributed by atoms with E-state index in [9.17, 15) is 0 Å². The lowest BCUT2D eigenvalue weighted by Gasteiger charge is -2.23. The normalized spacial score (nSPS) is 11.0. The van der Waals surface area contributed by atoms with Crippen LogP contribution >= 0.6 is 0 Å². The van der Waals surface area contributed by atoms with E-state index in [4.69, 9.17) is 4.74 Å². The van der Waals surface area contributed by atoms with Crippen molar-refractivity contribution in [3.05, 3.63) is 100 Å². The van der Waals surface area contributed by atoms with E-state index in [-0.39, 0.29) is 7.43 Å². The quantitative estimate of drug-likeness (QED) is 0.281. The second-order valence-electron chi connectivity index (χ2n) is 6.97. The van der Waals surface area contributed by atoms with Gasteiger partial charge in [0.25, 0.3) is 0 Å². The van der Waals surface area contributed by atoms with Gasteiger partial charge in [-0.2, -0.15) is 0 Å². The summed E-state index contributed by atoms with van der Waals surface area (Å²) >= 11 is 0. The first-order chi connectivity index (χ1) is 15.6. The lowest BCUT2D eigenvalue weighted by molar-refractivity contribution is 0.471. The molecule has 3 aromatic rings. The van der Waals surface area contributed by atoms with Crippen LogP contribution in [0, 0.1) is 21.3 Å². The van der Waals surface area contributed by atoms with E-state index in [0.717, 1.165) is 17.9 Å². The van der Waals surface area contributed by atoms with Crippen molar-refractivity contribution >= 4 is 11.6 Å². The monoisotopic (exact) mass is 445 g/mol. The summed E-state index contributed by atoms with van der Waals surface area (Å²) in [4.78, 5) is 0. The molecule has 3 aromatic carbocycles. The maximum absolute atomic E-state index is 6.38. The van der Waals surface area contributed by atoms with Crippen LogP contribution in [0.5, 0.6) is 11.5 Å². The summed E-state index contributed by atoms with van der Waals surface area (Å²) in [6.45, 7) is 20.6. The predicted molar refractivity (Wildman–Crippen MR) is 150 cm³/mol. The molecule has 180 valence electrons. The van der Waals surface area contributed by atoms with Gasteiger partial charge in [0.15, 0.2) is 0 Å². The fourth-order valence-electron chi connectivity index (χ4n) is 3.86. The molecule has 0 unspecified atom stereocenters. The smallest absolute Gasteiger partial charge is 0.135 e. The van der Waals surface area contributed by atoms with Crippen LogP contribution in [-0.2, 0) is 6.42 Å². The first-order valence-electron chi connectivity index (χ1n) is 12.3. The summed E-state index contributed by atoms with van der Waals surface area (Å²) in [5.41, 5.74) is 7.61. The number of hydrogen-bond acceptors (Lipinski definition) is 1. The maximum Gasteiger partial charge on any atom is 0.135 e. The molecule has 1 heteroatoms. The van der Waals surface area contributed by atoms with Crippen LogP contribution < -0.4 is 15.2 Å². The van der Waals surface area contributed by atoms with Gasteiger partial charge in [-0.3, -0.25) is 0 Å². The number of fused-ring (bicyclic) bond motifs is 2. The van der Waals surface area contributed by atoms with Crippen LogP contribution in [0.4, 0.5) is 0 Å². The summed E-state index contributed by atoms with van der Waals surface area (Å²) in [6, 6.07) is 19.6. The van der Waals surface area contributed by atoms with Crippen molar-refractivity contribution in [1.82, 2.24) is 0 Å². The van der Waals surface area contributed by atoms with Crippen LogP contribution in [0.3, 0.4) is 0 Å². The van der Waals surface area contributed by atoms with E-state index in [0.29, 0.717) is 0 Å². The van der Waals surface area contributed by atoms with E-state index >= 15 is 0 Å². The predicted octanol–water partition coefficient (Wildman–Crippen LogP) is 8.55. The third-order valence-electron chi connectivity index (χ3n) is 5.32. The molecule has 33 heavy (non-hydrogen) atoms. The SMILES string of the molecule is C/C=c1/cc2c(cc1C)=C(c1ccccc1)c1cc(C)c(CC)cc1O2.CC.CC.CC.[CH3-]. The van der Waals surface area contributed by atoms with Gasteiger partial charge < -0.3 is 12.2 Å². The molecule has 4 rings (SSSR count). The average Bonchev–Trinajstić information content (AvgIpc) is 2.86. The first-order valence-corrected chi connectivity index (χ1v) is 12.3. The minimum atomic E-state index is 0. The minimum absolute atomic E-state index is 0. The second-order valence-corrected chi connectivity index (χ2v) is 6.97. The lowest BCUT2D eigenvalue weighted by atomic mass is 9.89. The van der Waals surface area contributed by atoms with Crippen molar-refractivity contribution in [3.8, 4) is 11.5 Å². The Labute approximate surface area is 203 Å². The van der Waals surface area contributed by atoms with Gasteiger partial charge in [-0.15, -0.1) is 0 Å². The fraction of sp³-hybridized carbons (Fsp3) is 0.344. The van der Waals surface area contributed by atoms with Crippen LogP contribution in [-0.4, -0.2) is 0 Å². The zero-order valence-corrected chi connectivity index (χ0v) is 22.9. The summed E-state index contributed by atoms with van der Waals surface area (Å²) in [7, 11) is 0. The third-order valence-corrected chi connectivity index (χ3v) is 5.32. The van der Waals surface area contributed by atoms with Crippen molar-refractivity contribution in [3.63, 3.8) is 0 Å². The van der Waals surface area contributed by atoms with Crippen molar-refractivity contribution in [1.29, 1.82) is 0 Å². The Morgan fingerprint density at radius 1 is 0.758 bits per heavy atom. The molecule has 0 radical (unpaired) electrons. The van der Waals surface area contributed by atoms with Gasteiger partial charge in [0.2, 0.25) is 0 Å². The molecule has 0 amide bonds.